The molecule has 1 aliphatic heterocycles. The van der Waals surface area contributed by atoms with Crippen LogP contribution in [0.2, 0.25) is 11.1 Å². The second-order valence-corrected chi connectivity index (χ2v) is 11.1. The van der Waals surface area contributed by atoms with E-state index in [9.17, 15) is 18.8 Å². The average molecular weight is 475 g/mol. The summed E-state index contributed by atoms with van der Waals surface area (Å²) in [5.74, 6) is -1.18. The number of carbonyl (C=O) groups is 3. The number of carbonyl (C=O) groups excluding carboxylic acids is 3. The molecule has 0 aromatic heterocycles. The number of halogens is 2. The van der Waals surface area contributed by atoms with Gasteiger partial charge < -0.3 is 14.5 Å². The summed E-state index contributed by atoms with van der Waals surface area (Å²) in [6.07, 6.45) is 0.0219. The second kappa shape index (κ2) is 10.8. The molecule has 9 nitrogen and oxygen atoms in total. The summed E-state index contributed by atoms with van der Waals surface area (Å²) in [5, 5.41) is -0.0366. The molecule has 0 unspecified atom stereocenters. The lowest BCUT2D eigenvalue weighted by Crippen LogP contribution is -2.61. The molecule has 2 atom stereocenters. The van der Waals surface area contributed by atoms with Crippen molar-refractivity contribution in [3.63, 3.8) is 0 Å². The maximum Gasteiger partial charge on any atom is 0.410 e. The van der Waals surface area contributed by atoms with Crippen LogP contribution in [0.1, 0.15) is 27.2 Å². The summed E-state index contributed by atoms with van der Waals surface area (Å²) in [6, 6.07) is 3.82. The normalized spacial score (nSPS) is 18.8. The first kappa shape index (κ1) is 24.9. The Morgan fingerprint density at radius 3 is 2.65 bits per heavy atom. The minimum absolute atomic E-state index is 0.0366. The Kier molecular flexibility index (Phi) is 8.66. The summed E-state index contributed by atoms with van der Waals surface area (Å²) in [5.41, 5.74) is 4.34. The molecule has 1 heterocycles. The van der Waals surface area contributed by atoms with Gasteiger partial charge in [0.1, 0.15) is 23.2 Å². The highest BCUT2D eigenvalue weighted by Crippen LogP contribution is 2.22. The lowest BCUT2D eigenvalue weighted by atomic mass is 10.2. The first-order valence-electron chi connectivity index (χ1n) is 9.83. The number of ether oxygens (including phenoxy) is 2. The number of hydrazine groups is 1. The number of rotatable bonds is 6. The van der Waals surface area contributed by atoms with Gasteiger partial charge in [-0.05, 0) is 45.4 Å². The van der Waals surface area contributed by atoms with E-state index in [-0.39, 0.29) is 35.4 Å². The maximum atomic E-state index is 13.5. The lowest BCUT2D eigenvalue weighted by molar-refractivity contribution is -0.127. The zero-order valence-corrected chi connectivity index (χ0v) is 19.9. The van der Waals surface area contributed by atoms with Crippen LogP contribution in [0.25, 0.3) is 0 Å². The summed E-state index contributed by atoms with van der Waals surface area (Å²) in [4.78, 5) is 41.6. The molecule has 0 spiro atoms. The van der Waals surface area contributed by atoms with Gasteiger partial charge in [-0.15, -0.1) is 0 Å². The van der Waals surface area contributed by atoms with E-state index < -0.39 is 32.5 Å². The molecule has 2 rings (SSSR count). The van der Waals surface area contributed by atoms with Gasteiger partial charge in [-0.1, -0.05) is 11.6 Å². The van der Waals surface area contributed by atoms with Gasteiger partial charge in [0.15, 0.2) is 15.6 Å². The van der Waals surface area contributed by atoms with Crippen LogP contribution < -0.4 is 20.6 Å². The minimum atomic E-state index is -1.96. The maximum absolute atomic E-state index is 13.5. The SMILES string of the molecule is CNNC(=O)[C@H]1CC[Si@H](NC(=O)COc2ccc(Cl)c(F)c2)CN1C(=O)OC(C)(C)C. The van der Waals surface area contributed by atoms with Crippen molar-refractivity contribution in [1.29, 1.82) is 0 Å². The molecule has 0 saturated carbocycles. The largest absolute Gasteiger partial charge is 0.484 e. The predicted octanol–water partition coefficient (Wildman–Crippen LogP) is 1.50. The Morgan fingerprint density at radius 1 is 1.32 bits per heavy atom. The van der Waals surface area contributed by atoms with Crippen LogP contribution in [0, 0.1) is 5.82 Å². The Morgan fingerprint density at radius 2 is 2.03 bits per heavy atom. The number of hydrogen-bond acceptors (Lipinski definition) is 6. The Hall–Kier alpha value is -2.37. The smallest absolute Gasteiger partial charge is 0.410 e. The van der Waals surface area contributed by atoms with Crippen LogP contribution >= 0.6 is 11.6 Å². The van der Waals surface area contributed by atoms with Gasteiger partial charge in [0.2, 0.25) is 5.91 Å². The molecule has 3 amide bonds. The standard InChI is InChI=1S/C19H28ClFN4O5Si/c1-19(2,3)30-18(28)25-11-31(8-7-15(25)17(27)23-22-4)24-16(26)10-29-12-5-6-13(20)14(21)9-12/h5-6,9,15,22,31H,7-8,10-11H2,1-4H3,(H,23,27)(H,24,26)/t15-,31+/m1/s1. The van der Waals surface area contributed by atoms with E-state index in [1.807, 2.05) is 0 Å². The molecule has 12 heteroatoms. The highest BCUT2D eigenvalue weighted by Gasteiger charge is 2.39. The Balaban J connectivity index is 1.98. The quantitative estimate of drug-likeness (QED) is 0.426. The van der Waals surface area contributed by atoms with E-state index >= 15 is 0 Å². The van der Waals surface area contributed by atoms with Gasteiger partial charge in [-0.2, -0.15) is 0 Å². The summed E-state index contributed by atoms with van der Waals surface area (Å²) < 4.78 is 24.2. The molecule has 1 aromatic carbocycles. The predicted molar refractivity (Wildman–Crippen MR) is 116 cm³/mol. The van der Waals surface area contributed by atoms with Crippen LogP contribution in [0.15, 0.2) is 18.2 Å². The van der Waals surface area contributed by atoms with Crippen molar-refractivity contribution in [1.82, 2.24) is 20.7 Å². The molecule has 31 heavy (non-hydrogen) atoms. The Labute approximate surface area is 187 Å². The van der Waals surface area contributed by atoms with Crippen LogP contribution in [0.5, 0.6) is 5.75 Å². The van der Waals surface area contributed by atoms with Crippen molar-refractivity contribution in [2.45, 2.75) is 44.9 Å². The number of nitrogens with one attached hydrogen (secondary N) is 3. The number of benzene rings is 1. The third-order valence-electron chi connectivity index (χ3n) is 4.39. The number of amides is 3. The fourth-order valence-corrected chi connectivity index (χ4v) is 5.75. The molecule has 1 aromatic rings. The second-order valence-electron chi connectivity index (χ2n) is 8.09. The van der Waals surface area contributed by atoms with Gasteiger partial charge in [0, 0.05) is 19.3 Å². The van der Waals surface area contributed by atoms with E-state index in [2.05, 4.69) is 15.8 Å². The van der Waals surface area contributed by atoms with Crippen molar-refractivity contribution >= 4 is 38.5 Å². The highest BCUT2D eigenvalue weighted by molar-refractivity contribution is 6.59. The molecule has 0 aliphatic carbocycles. The molecule has 3 N–H and O–H groups in total. The summed E-state index contributed by atoms with van der Waals surface area (Å²) in [6.45, 7) is 4.92. The van der Waals surface area contributed by atoms with Crippen molar-refractivity contribution < 1.29 is 28.2 Å². The molecular formula is C19H28ClFN4O5Si. The fourth-order valence-electron chi connectivity index (χ4n) is 3.07. The fraction of sp³-hybridized carbons (Fsp3) is 0.526. The third kappa shape index (κ3) is 7.67. The van der Waals surface area contributed by atoms with Crippen LogP contribution in [-0.2, 0) is 14.3 Å². The molecule has 1 saturated heterocycles. The summed E-state index contributed by atoms with van der Waals surface area (Å²) in [7, 11) is -0.401. The molecule has 1 fully saturated rings. The Bertz CT molecular complexity index is 823. The molecule has 1 aliphatic rings. The highest BCUT2D eigenvalue weighted by atomic mass is 35.5. The van der Waals surface area contributed by atoms with Crippen LogP contribution in [0.3, 0.4) is 0 Å². The monoisotopic (exact) mass is 474 g/mol. The van der Waals surface area contributed by atoms with Gasteiger partial charge in [-0.25, -0.2) is 14.6 Å². The van der Waals surface area contributed by atoms with Crippen molar-refractivity contribution in [3.05, 3.63) is 29.0 Å². The van der Waals surface area contributed by atoms with E-state index in [4.69, 9.17) is 21.1 Å². The zero-order valence-electron chi connectivity index (χ0n) is 18.0. The van der Waals surface area contributed by atoms with Gasteiger partial charge in [0.05, 0.1) is 5.02 Å². The van der Waals surface area contributed by atoms with E-state index in [1.54, 1.807) is 27.8 Å². The molecule has 0 bridgehead atoms. The van der Waals surface area contributed by atoms with Crippen LogP contribution in [0.4, 0.5) is 9.18 Å². The summed E-state index contributed by atoms with van der Waals surface area (Å²) >= 11 is 5.63. The van der Waals surface area contributed by atoms with E-state index in [0.29, 0.717) is 12.5 Å². The first-order valence-corrected chi connectivity index (χ1v) is 12.4. The molecule has 0 radical (unpaired) electrons. The molecular weight excluding hydrogens is 447 g/mol. The first-order chi connectivity index (χ1) is 14.5. The zero-order chi connectivity index (χ0) is 23.2. The van der Waals surface area contributed by atoms with Crippen molar-refractivity contribution in [3.8, 4) is 5.75 Å². The number of nitrogens with zero attached hydrogens (tertiary/aromatic N) is 1. The molecule has 172 valence electrons. The third-order valence-corrected chi connectivity index (χ3v) is 7.29. The average Bonchev–Trinajstić information content (AvgIpc) is 2.67. The topological polar surface area (TPSA) is 109 Å². The minimum Gasteiger partial charge on any atom is -0.484 e. The number of hydrogen-bond donors (Lipinski definition) is 3. The van der Waals surface area contributed by atoms with E-state index in [1.165, 1.54) is 17.0 Å². The van der Waals surface area contributed by atoms with Gasteiger partial charge >= 0.3 is 6.09 Å². The van der Waals surface area contributed by atoms with Crippen molar-refractivity contribution in [2.24, 2.45) is 0 Å². The van der Waals surface area contributed by atoms with E-state index in [0.717, 1.165) is 6.07 Å². The van der Waals surface area contributed by atoms with Crippen molar-refractivity contribution in [2.75, 3.05) is 19.8 Å². The van der Waals surface area contributed by atoms with Gasteiger partial charge in [0.25, 0.3) is 5.91 Å². The van der Waals surface area contributed by atoms with Crippen LogP contribution in [-0.4, -0.2) is 63.2 Å². The lowest BCUT2D eigenvalue weighted by Gasteiger charge is -2.38. The van der Waals surface area contributed by atoms with Gasteiger partial charge in [-0.3, -0.25) is 19.9 Å².